The molecule has 7 nitrogen and oxygen atoms in total. The fourth-order valence-corrected chi connectivity index (χ4v) is 6.36. The van der Waals surface area contributed by atoms with Crippen LogP contribution in [0.1, 0.15) is 64.2 Å². The average molecular weight is 597 g/mol. The minimum atomic E-state index is -0.950. The van der Waals surface area contributed by atoms with E-state index in [0.717, 1.165) is 42.1 Å². The molecule has 2 saturated carbocycles. The lowest BCUT2D eigenvalue weighted by Gasteiger charge is -2.43. The molecule has 3 N–H and O–H groups in total. The molecule has 4 rings (SSSR count). The second kappa shape index (κ2) is 12.5. The van der Waals surface area contributed by atoms with Crippen LogP contribution < -0.4 is 10.1 Å². The van der Waals surface area contributed by atoms with Crippen LogP contribution in [0, 0.1) is 9.49 Å². The average Bonchev–Trinajstić information content (AvgIpc) is 3.56. The molecule has 192 valence electrons. The van der Waals surface area contributed by atoms with Gasteiger partial charge in [-0.2, -0.15) is 0 Å². The number of benzene rings is 1. The topological polar surface area (TPSA) is 99.1 Å². The Bertz CT molecular complexity index is 911. The third-order valence-corrected chi connectivity index (χ3v) is 8.51. The van der Waals surface area contributed by atoms with E-state index in [-0.39, 0.29) is 37.4 Å². The quantitative estimate of drug-likeness (QED) is 0.379. The summed E-state index contributed by atoms with van der Waals surface area (Å²) in [7, 11) is 0. The molecular weight excluding hydrogens is 559 g/mol. The predicted octanol–water partition coefficient (Wildman–Crippen LogP) is 3.56. The number of nitrogens with zero attached hydrogens (tertiary/aromatic N) is 1. The van der Waals surface area contributed by atoms with Gasteiger partial charge in [0.2, 0.25) is 11.8 Å². The summed E-state index contributed by atoms with van der Waals surface area (Å²) < 4.78 is 7.14. The largest absolute Gasteiger partial charge is 0.482 e. The summed E-state index contributed by atoms with van der Waals surface area (Å²) >= 11 is 2.19. The second-order valence-electron chi connectivity index (χ2n) is 10.0. The molecule has 1 aromatic rings. The number of nitrogens with one attached hydrogen (secondary N) is 1. The Kier molecular flexibility index (Phi) is 9.46. The maximum absolute atomic E-state index is 13.7. The van der Waals surface area contributed by atoms with Crippen molar-refractivity contribution in [3.63, 3.8) is 0 Å². The van der Waals surface area contributed by atoms with Gasteiger partial charge in [0.15, 0.2) is 0 Å². The van der Waals surface area contributed by atoms with Crippen LogP contribution in [-0.2, 0) is 9.59 Å². The number of para-hydroxylation sites is 1. The molecule has 35 heavy (non-hydrogen) atoms. The van der Waals surface area contributed by atoms with Crippen LogP contribution >= 0.6 is 22.6 Å². The summed E-state index contributed by atoms with van der Waals surface area (Å²) in [6.07, 6.45) is 9.29. The molecule has 0 spiro atoms. The van der Waals surface area contributed by atoms with Crippen molar-refractivity contribution in [1.82, 2.24) is 10.2 Å². The van der Waals surface area contributed by atoms with Gasteiger partial charge in [0.05, 0.1) is 16.2 Å². The first-order valence-electron chi connectivity index (χ1n) is 13.0. The number of amides is 2. The minimum Gasteiger partial charge on any atom is -0.482 e. The van der Waals surface area contributed by atoms with Crippen molar-refractivity contribution < 1.29 is 24.5 Å². The summed E-state index contributed by atoms with van der Waals surface area (Å²) in [5, 5.41) is 23.5. The smallest absolute Gasteiger partial charge is 0.247 e. The van der Waals surface area contributed by atoms with Crippen molar-refractivity contribution >= 4 is 34.4 Å². The van der Waals surface area contributed by atoms with Gasteiger partial charge in [-0.3, -0.25) is 9.59 Å². The zero-order valence-electron chi connectivity index (χ0n) is 20.2. The molecule has 1 aromatic carbocycles. The number of hydrogen-bond acceptors (Lipinski definition) is 5. The molecule has 3 atom stereocenters. The molecule has 2 amide bonds. The summed E-state index contributed by atoms with van der Waals surface area (Å²) in [6, 6.07) is 7.12. The predicted molar refractivity (Wildman–Crippen MR) is 142 cm³/mol. The number of aliphatic hydroxyl groups excluding tert-OH is 2. The van der Waals surface area contributed by atoms with Crippen molar-refractivity contribution in [1.29, 1.82) is 0 Å². The van der Waals surface area contributed by atoms with Crippen LogP contribution in [-0.4, -0.2) is 64.4 Å². The van der Waals surface area contributed by atoms with Gasteiger partial charge in [0, 0.05) is 31.0 Å². The van der Waals surface area contributed by atoms with Crippen LogP contribution in [0.3, 0.4) is 0 Å². The first-order chi connectivity index (χ1) is 17.0. The lowest BCUT2D eigenvalue weighted by molar-refractivity contribution is -0.143. The van der Waals surface area contributed by atoms with Crippen molar-refractivity contribution in [3.05, 3.63) is 39.5 Å². The van der Waals surface area contributed by atoms with Crippen molar-refractivity contribution in [2.45, 2.75) is 88.5 Å². The Hall–Kier alpha value is -1.65. The van der Waals surface area contributed by atoms with Gasteiger partial charge in [-0.1, -0.05) is 37.8 Å². The Morgan fingerprint density at radius 3 is 2.46 bits per heavy atom. The molecule has 2 fully saturated rings. The number of rotatable bonds is 9. The van der Waals surface area contributed by atoms with E-state index in [4.69, 9.17) is 4.74 Å². The Morgan fingerprint density at radius 1 is 1.09 bits per heavy atom. The van der Waals surface area contributed by atoms with Gasteiger partial charge in [-0.15, -0.1) is 0 Å². The highest BCUT2D eigenvalue weighted by Gasteiger charge is 2.43. The fourth-order valence-electron chi connectivity index (χ4n) is 5.84. The maximum atomic E-state index is 13.7. The van der Waals surface area contributed by atoms with E-state index >= 15 is 0 Å². The zero-order valence-corrected chi connectivity index (χ0v) is 22.4. The van der Waals surface area contributed by atoms with Gasteiger partial charge >= 0.3 is 0 Å². The molecule has 3 aliphatic carbocycles. The molecule has 3 unspecified atom stereocenters. The van der Waals surface area contributed by atoms with Gasteiger partial charge in [-0.25, -0.2) is 0 Å². The Labute approximate surface area is 221 Å². The highest BCUT2D eigenvalue weighted by Crippen LogP contribution is 2.36. The fraction of sp³-hybridized carbons (Fsp3) is 0.630. The van der Waals surface area contributed by atoms with Crippen LogP contribution in [0.15, 0.2) is 35.9 Å². The van der Waals surface area contributed by atoms with Gasteiger partial charge in [-0.05, 0) is 72.4 Å². The lowest BCUT2D eigenvalue weighted by Crippen LogP contribution is -2.57. The molecule has 8 heteroatoms. The van der Waals surface area contributed by atoms with Gasteiger partial charge in [0.1, 0.15) is 18.0 Å². The number of ether oxygens (including phenoxy) is 1. The maximum Gasteiger partial charge on any atom is 0.247 e. The van der Waals surface area contributed by atoms with E-state index in [1.165, 1.54) is 12.8 Å². The van der Waals surface area contributed by atoms with E-state index in [2.05, 4.69) is 27.9 Å². The van der Waals surface area contributed by atoms with Gasteiger partial charge < -0.3 is 25.2 Å². The number of carbonyl (C=O) groups is 2. The zero-order chi connectivity index (χ0) is 24.8. The highest BCUT2D eigenvalue weighted by molar-refractivity contribution is 14.1. The molecule has 0 radical (unpaired) electrons. The minimum absolute atomic E-state index is 0.0842. The monoisotopic (exact) mass is 596 g/mol. The standard InChI is InChI=1S/C27H37IN2O5/c28-21-11-5-6-12-23(21)35-24-17-19(27(34)29-13-14-31)16-22(26(24)33)30(20-9-3-4-10-20)25(32)15-18-7-1-2-8-18/h5-6,11-12,17-18,20,22,24,26,31,33H,1-4,7-10,13-16H2,(H,29,34). The molecule has 0 saturated heterocycles. The number of aliphatic hydroxyl groups is 2. The molecule has 0 heterocycles. The number of carbonyl (C=O) groups excluding carboxylic acids is 2. The summed E-state index contributed by atoms with van der Waals surface area (Å²) in [5.74, 6) is 0.849. The lowest BCUT2D eigenvalue weighted by atomic mass is 9.86. The molecule has 0 aliphatic heterocycles. The third-order valence-electron chi connectivity index (χ3n) is 7.62. The summed E-state index contributed by atoms with van der Waals surface area (Å²) in [4.78, 5) is 28.6. The number of hydrogen-bond donors (Lipinski definition) is 3. The van der Waals surface area contributed by atoms with E-state index < -0.39 is 18.2 Å². The summed E-state index contributed by atoms with van der Waals surface area (Å²) in [6.45, 7) is -0.000261. The van der Waals surface area contributed by atoms with E-state index in [9.17, 15) is 19.8 Å². The SMILES string of the molecule is O=C(NCCO)C1=CC(Oc2ccccc2I)C(O)C(N(C(=O)CC2CCCC2)C2CCCC2)C1. The van der Waals surface area contributed by atoms with Crippen molar-refractivity contribution in [2.24, 2.45) is 5.92 Å². The van der Waals surface area contributed by atoms with Crippen LogP contribution in [0.25, 0.3) is 0 Å². The first-order valence-corrected chi connectivity index (χ1v) is 14.1. The summed E-state index contributed by atoms with van der Waals surface area (Å²) in [5.41, 5.74) is 0.487. The van der Waals surface area contributed by atoms with Crippen molar-refractivity contribution in [3.8, 4) is 5.75 Å². The van der Waals surface area contributed by atoms with Crippen molar-refractivity contribution in [2.75, 3.05) is 13.2 Å². The molecule has 3 aliphatic rings. The molecule has 0 bridgehead atoms. The third kappa shape index (κ3) is 6.57. The van der Waals surface area contributed by atoms with Crippen LogP contribution in [0.5, 0.6) is 5.75 Å². The van der Waals surface area contributed by atoms with Crippen LogP contribution in [0.4, 0.5) is 0 Å². The Morgan fingerprint density at radius 2 is 1.77 bits per heavy atom. The number of halogens is 1. The van der Waals surface area contributed by atoms with E-state index in [0.29, 0.717) is 23.7 Å². The second-order valence-corrected chi connectivity index (χ2v) is 11.2. The normalized spacial score (nSPS) is 25.3. The van der Waals surface area contributed by atoms with Crippen LogP contribution in [0.2, 0.25) is 0 Å². The van der Waals surface area contributed by atoms with Gasteiger partial charge in [0.25, 0.3) is 0 Å². The molecular formula is C27H37IN2O5. The first kappa shape index (κ1) is 26.4. The van der Waals surface area contributed by atoms with E-state index in [1.54, 1.807) is 6.08 Å². The Balaban J connectivity index is 1.63. The molecule has 0 aromatic heterocycles. The van der Waals surface area contributed by atoms with E-state index in [1.807, 2.05) is 29.2 Å². The highest BCUT2D eigenvalue weighted by atomic mass is 127.